The fraction of sp³-hybridized carbons (Fsp3) is 0.481. The molecular weight excluding hydrogens is 462 g/mol. The first kappa shape index (κ1) is 28.4. The number of amides is 2. The molecule has 2 aromatic rings. The summed E-state index contributed by atoms with van der Waals surface area (Å²) in [5.74, 6) is -0.343. The number of anilines is 1. The van der Waals surface area contributed by atoms with Gasteiger partial charge in [-0.2, -0.15) is 0 Å². The molecule has 1 N–H and O–H groups in total. The second-order valence-corrected chi connectivity index (χ2v) is 10.9. The van der Waals surface area contributed by atoms with Gasteiger partial charge in [0, 0.05) is 26.1 Å². The lowest BCUT2D eigenvalue weighted by atomic mass is 10.1. The van der Waals surface area contributed by atoms with Gasteiger partial charge >= 0.3 is 0 Å². The molecule has 0 saturated heterocycles. The number of sulfonamides is 1. The summed E-state index contributed by atoms with van der Waals surface area (Å²) < 4.78 is 26.4. The highest BCUT2D eigenvalue weighted by Gasteiger charge is 2.29. The number of rotatable bonds is 12. The van der Waals surface area contributed by atoms with Gasteiger partial charge < -0.3 is 10.2 Å². The molecule has 0 heterocycles. The number of carbonyl (C=O) groups excluding carboxylic acids is 2. The molecule has 0 radical (unpaired) electrons. The first-order valence-corrected chi connectivity index (χ1v) is 14.0. The third-order valence-electron chi connectivity index (χ3n) is 6.27. The van der Waals surface area contributed by atoms with Crippen LogP contribution in [0.1, 0.15) is 55.4 Å². The van der Waals surface area contributed by atoms with E-state index < -0.39 is 16.1 Å². The second kappa shape index (κ2) is 12.7. The maximum absolute atomic E-state index is 13.4. The molecule has 2 amide bonds. The number of likely N-dealkylation sites (N-methyl/N-ethyl adjacent to an activating group) is 1. The maximum Gasteiger partial charge on any atom is 0.242 e. The molecule has 0 bridgehead atoms. The van der Waals surface area contributed by atoms with Crippen LogP contribution in [0.3, 0.4) is 0 Å². The van der Waals surface area contributed by atoms with Crippen LogP contribution in [0.25, 0.3) is 0 Å². The van der Waals surface area contributed by atoms with Gasteiger partial charge in [-0.15, -0.1) is 0 Å². The van der Waals surface area contributed by atoms with Crippen molar-refractivity contribution in [2.75, 3.05) is 23.7 Å². The van der Waals surface area contributed by atoms with Crippen molar-refractivity contribution in [2.45, 2.75) is 66.5 Å². The van der Waals surface area contributed by atoms with Gasteiger partial charge in [-0.1, -0.05) is 37.3 Å². The monoisotopic (exact) mass is 501 g/mol. The number of aryl methyl sites for hydroxylation is 3. The fourth-order valence-corrected chi connectivity index (χ4v) is 5.02. The van der Waals surface area contributed by atoms with E-state index in [4.69, 9.17) is 0 Å². The van der Waals surface area contributed by atoms with E-state index in [9.17, 15) is 18.0 Å². The molecule has 1 unspecified atom stereocenters. The van der Waals surface area contributed by atoms with E-state index >= 15 is 0 Å². The molecule has 0 aliphatic heterocycles. The van der Waals surface area contributed by atoms with Crippen molar-refractivity contribution in [1.82, 2.24) is 10.2 Å². The lowest BCUT2D eigenvalue weighted by Crippen LogP contribution is -2.49. The predicted octanol–water partition coefficient (Wildman–Crippen LogP) is 4.10. The zero-order chi connectivity index (χ0) is 26.2. The topological polar surface area (TPSA) is 86.8 Å². The Hall–Kier alpha value is -2.87. The molecule has 2 aromatic carbocycles. The Morgan fingerprint density at radius 2 is 1.66 bits per heavy atom. The average Bonchev–Trinajstić information content (AvgIpc) is 2.79. The molecule has 7 nitrogen and oxygen atoms in total. The van der Waals surface area contributed by atoms with Crippen LogP contribution >= 0.6 is 0 Å². The van der Waals surface area contributed by atoms with Crippen molar-refractivity contribution in [2.24, 2.45) is 0 Å². The number of hydrogen-bond acceptors (Lipinski definition) is 4. The average molecular weight is 502 g/mol. The van der Waals surface area contributed by atoms with Gasteiger partial charge in [0.2, 0.25) is 21.8 Å². The fourth-order valence-electron chi connectivity index (χ4n) is 4.07. The Bertz CT molecular complexity index is 1130. The van der Waals surface area contributed by atoms with Gasteiger partial charge in [0.1, 0.15) is 6.04 Å². The predicted molar refractivity (Wildman–Crippen MR) is 142 cm³/mol. The largest absolute Gasteiger partial charge is 0.355 e. The van der Waals surface area contributed by atoms with Gasteiger partial charge in [-0.25, -0.2) is 8.42 Å². The SMILES string of the molecule is CCNC(=O)C(CC)N(Cc1ccccc1C)C(=O)CCCN(c1ccc(C)c(C)c1)S(C)(=O)=O. The third kappa shape index (κ3) is 7.82. The Balaban J connectivity index is 2.23. The molecule has 2 rings (SSSR count). The van der Waals surface area contributed by atoms with E-state index in [0.29, 0.717) is 31.6 Å². The zero-order valence-corrected chi connectivity index (χ0v) is 22.6. The van der Waals surface area contributed by atoms with Gasteiger partial charge in [0.05, 0.1) is 11.9 Å². The highest BCUT2D eigenvalue weighted by atomic mass is 32.2. The van der Waals surface area contributed by atoms with E-state index in [1.807, 2.05) is 71.0 Å². The van der Waals surface area contributed by atoms with Crippen LogP contribution in [0.4, 0.5) is 5.69 Å². The van der Waals surface area contributed by atoms with Crippen molar-refractivity contribution in [3.63, 3.8) is 0 Å². The third-order valence-corrected chi connectivity index (χ3v) is 7.46. The standard InChI is InChI=1S/C27H39N3O4S/c1-7-25(27(32)28-8-2)29(19-23-13-10-9-12-21(23)4)26(31)14-11-17-30(35(6,33)34)24-16-15-20(3)22(5)18-24/h9-10,12-13,15-16,18,25H,7-8,11,14,17,19H2,1-6H3,(H,28,32). The number of hydrogen-bond donors (Lipinski definition) is 1. The van der Waals surface area contributed by atoms with Crippen molar-refractivity contribution >= 4 is 27.5 Å². The van der Waals surface area contributed by atoms with Crippen LogP contribution in [-0.2, 0) is 26.2 Å². The lowest BCUT2D eigenvalue weighted by molar-refractivity contribution is -0.141. The highest BCUT2D eigenvalue weighted by Crippen LogP contribution is 2.22. The Kier molecular flexibility index (Phi) is 10.3. The van der Waals surface area contributed by atoms with Crippen molar-refractivity contribution in [1.29, 1.82) is 0 Å². The molecule has 0 aromatic heterocycles. The summed E-state index contributed by atoms with van der Waals surface area (Å²) in [4.78, 5) is 27.8. The summed E-state index contributed by atoms with van der Waals surface area (Å²) in [6, 6.07) is 12.8. The molecule has 0 aliphatic rings. The summed E-state index contributed by atoms with van der Waals surface area (Å²) in [7, 11) is -3.52. The minimum Gasteiger partial charge on any atom is -0.355 e. The molecule has 8 heteroatoms. The first-order valence-electron chi connectivity index (χ1n) is 12.2. The summed E-state index contributed by atoms with van der Waals surface area (Å²) in [5.41, 5.74) is 4.71. The van der Waals surface area contributed by atoms with Gasteiger partial charge in [-0.3, -0.25) is 13.9 Å². The highest BCUT2D eigenvalue weighted by molar-refractivity contribution is 7.92. The van der Waals surface area contributed by atoms with Crippen LogP contribution in [0, 0.1) is 20.8 Å². The smallest absolute Gasteiger partial charge is 0.242 e. The number of carbonyl (C=O) groups is 2. The minimum absolute atomic E-state index is 0.138. The lowest BCUT2D eigenvalue weighted by Gasteiger charge is -2.31. The molecule has 0 fully saturated rings. The molecule has 0 aliphatic carbocycles. The normalized spacial score (nSPS) is 12.2. The summed E-state index contributed by atoms with van der Waals surface area (Å²) in [5, 5.41) is 2.84. The second-order valence-electron chi connectivity index (χ2n) is 8.97. The Morgan fingerprint density at radius 3 is 2.23 bits per heavy atom. The van der Waals surface area contributed by atoms with Crippen LogP contribution < -0.4 is 9.62 Å². The zero-order valence-electron chi connectivity index (χ0n) is 21.8. The first-order chi connectivity index (χ1) is 16.5. The van der Waals surface area contributed by atoms with E-state index in [-0.39, 0.29) is 24.8 Å². The van der Waals surface area contributed by atoms with Crippen LogP contribution in [0.15, 0.2) is 42.5 Å². The number of nitrogens with one attached hydrogen (secondary N) is 1. The maximum atomic E-state index is 13.4. The minimum atomic E-state index is -3.52. The molecule has 1 atom stereocenters. The quantitative estimate of drug-likeness (QED) is 0.474. The number of nitrogens with zero attached hydrogens (tertiary/aromatic N) is 2. The van der Waals surface area contributed by atoms with Crippen molar-refractivity contribution in [3.8, 4) is 0 Å². The van der Waals surface area contributed by atoms with Crippen molar-refractivity contribution in [3.05, 3.63) is 64.7 Å². The van der Waals surface area contributed by atoms with Crippen molar-refractivity contribution < 1.29 is 18.0 Å². The van der Waals surface area contributed by atoms with Gasteiger partial charge in [-0.05, 0) is 74.9 Å². The number of benzene rings is 2. The Morgan fingerprint density at radius 1 is 0.971 bits per heavy atom. The molecule has 35 heavy (non-hydrogen) atoms. The van der Waals surface area contributed by atoms with E-state index in [1.165, 1.54) is 10.6 Å². The molecule has 192 valence electrons. The van der Waals surface area contributed by atoms with Crippen LogP contribution in [-0.4, -0.2) is 50.5 Å². The summed E-state index contributed by atoms with van der Waals surface area (Å²) in [6.07, 6.45) is 2.14. The summed E-state index contributed by atoms with van der Waals surface area (Å²) in [6.45, 7) is 10.6. The Labute approximate surface area is 210 Å². The molecule has 0 spiro atoms. The van der Waals surface area contributed by atoms with E-state index in [0.717, 1.165) is 22.3 Å². The van der Waals surface area contributed by atoms with Crippen LogP contribution in [0.5, 0.6) is 0 Å². The van der Waals surface area contributed by atoms with Crippen LogP contribution in [0.2, 0.25) is 0 Å². The van der Waals surface area contributed by atoms with E-state index in [2.05, 4.69) is 5.32 Å². The molecular formula is C27H39N3O4S. The van der Waals surface area contributed by atoms with E-state index in [1.54, 1.807) is 11.0 Å². The van der Waals surface area contributed by atoms with Gasteiger partial charge in [0.15, 0.2) is 0 Å². The summed E-state index contributed by atoms with van der Waals surface area (Å²) >= 11 is 0. The van der Waals surface area contributed by atoms with Gasteiger partial charge in [0.25, 0.3) is 0 Å². The molecule has 0 saturated carbocycles.